The maximum Gasteiger partial charge on any atom is 0.417 e. The van der Waals surface area contributed by atoms with Crippen molar-refractivity contribution in [3.05, 3.63) is 28.8 Å². The zero-order chi connectivity index (χ0) is 29.1. The van der Waals surface area contributed by atoms with Gasteiger partial charge in [0, 0.05) is 38.3 Å². The third-order valence-electron chi connectivity index (χ3n) is 7.56. The van der Waals surface area contributed by atoms with Crippen molar-refractivity contribution in [2.24, 2.45) is 0 Å². The number of carbonyl (C=O) groups excluding carboxylic acids is 1. The third kappa shape index (κ3) is 7.37. The number of nitrogens with zero attached hydrogens (tertiary/aromatic N) is 2. The molecule has 0 atom stereocenters. The molecule has 7 nitrogen and oxygen atoms in total. The summed E-state index contributed by atoms with van der Waals surface area (Å²) in [5.41, 5.74) is -4.92. The molecule has 222 valence electrons. The summed E-state index contributed by atoms with van der Waals surface area (Å²) < 4.78 is 113. The Balaban J connectivity index is 1.88. The summed E-state index contributed by atoms with van der Waals surface area (Å²) >= 11 is 0. The number of amides is 1. The standard InChI is InChI=1S/C25H35F6N3O4S/c1-3-14-39(36,37)34-12-10-33(11-13-34)23(8-6-4-5-7-9-23)17-32-22(35)21-19(25(29,30)31)15-18(24(26,27)28)16-20(21)38-2/h15-16H,3-14,17H2,1-2H3,(H,32,35). The van der Waals surface area contributed by atoms with Crippen LogP contribution < -0.4 is 10.1 Å². The van der Waals surface area contributed by atoms with Crippen molar-refractivity contribution in [1.29, 1.82) is 0 Å². The number of halogens is 6. The van der Waals surface area contributed by atoms with Gasteiger partial charge in [-0.3, -0.25) is 9.69 Å². The molecule has 2 aliphatic rings. The Bertz CT molecular complexity index is 1110. The van der Waals surface area contributed by atoms with Gasteiger partial charge >= 0.3 is 12.4 Å². The third-order valence-corrected chi connectivity index (χ3v) is 9.64. The Labute approximate surface area is 224 Å². The quantitative estimate of drug-likeness (QED) is 0.346. The highest BCUT2D eigenvalue weighted by molar-refractivity contribution is 7.89. The van der Waals surface area contributed by atoms with Crippen LogP contribution in [-0.2, 0) is 22.4 Å². The number of benzene rings is 1. The zero-order valence-corrected chi connectivity index (χ0v) is 22.9. The number of ether oxygens (including phenoxy) is 1. The van der Waals surface area contributed by atoms with Crippen LogP contribution in [0.4, 0.5) is 26.3 Å². The van der Waals surface area contributed by atoms with Gasteiger partial charge in [-0.25, -0.2) is 8.42 Å². The average molecular weight is 588 g/mol. The number of carbonyl (C=O) groups is 1. The second kappa shape index (κ2) is 12.2. The Morgan fingerprint density at radius 1 is 0.974 bits per heavy atom. The van der Waals surface area contributed by atoms with E-state index in [0.29, 0.717) is 38.4 Å². The van der Waals surface area contributed by atoms with Gasteiger partial charge in [-0.1, -0.05) is 32.6 Å². The van der Waals surface area contributed by atoms with Crippen molar-refractivity contribution in [1.82, 2.24) is 14.5 Å². The molecule has 14 heteroatoms. The van der Waals surface area contributed by atoms with Crippen molar-refractivity contribution in [3.8, 4) is 5.75 Å². The summed E-state index contributed by atoms with van der Waals surface area (Å²) in [6.45, 7) is 3.08. The normalized spacial score (nSPS) is 19.9. The van der Waals surface area contributed by atoms with Gasteiger partial charge in [-0.05, 0) is 31.4 Å². The van der Waals surface area contributed by atoms with Gasteiger partial charge in [0.25, 0.3) is 5.91 Å². The first-order valence-corrected chi connectivity index (χ1v) is 14.6. The van der Waals surface area contributed by atoms with Gasteiger partial charge < -0.3 is 10.1 Å². The van der Waals surface area contributed by atoms with E-state index in [1.54, 1.807) is 6.92 Å². The Morgan fingerprint density at radius 3 is 2.05 bits per heavy atom. The minimum Gasteiger partial charge on any atom is -0.496 e. The summed E-state index contributed by atoms with van der Waals surface area (Å²) in [5, 5.41) is 2.57. The highest BCUT2D eigenvalue weighted by Crippen LogP contribution is 2.42. The highest BCUT2D eigenvalue weighted by Gasteiger charge is 2.43. The molecule has 1 saturated carbocycles. The molecule has 1 N–H and O–H groups in total. The molecular weight excluding hydrogens is 552 g/mol. The zero-order valence-electron chi connectivity index (χ0n) is 22.1. The first-order valence-electron chi connectivity index (χ1n) is 13.0. The number of alkyl halides is 6. The lowest BCUT2D eigenvalue weighted by Gasteiger charge is -2.47. The van der Waals surface area contributed by atoms with Crippen molar-refractivity contribution in [2.75, 3.05) is 45.6 Å². The molecule has 1 aliphatic heterocycles. The molecule has 1 aromatic carbocycles. The minimum atomic E-state index is -5.23. The van der Waals surface area contributed by atoms with E-state index in [2.05, 4.69) is 10.2 Å². The summed E-state index contributed by atoms with van der Waals surface area (Å²) in [6, 6.07) is 0.316. The van der Waals surface area contributed by atoms with E-state index in [4.69, 9.17) is 4.74 Å². The lowest BCUT2D eigenvalue weighted by Crippen LogP contribution is -2.61. The average Bonchev–Trinajstić information content (AvgIpc) is 3.12. The summed E-state index contributed by atoms with van der Waals surface area (Å²) in [5.74, 6) is -1.95. The van der Waals surface area contributed by atoms with Crippen LogP contribution >= 0.6 is 0 Å². The van der Waals surface area contributed by atoms with Crippen LogP contribution in [-0.4, -0.2) is 74.7 Å². The van der Waals surface area contributed by atoms with Crippen LogP contribution in [0.2, 0.25) is 0 Å². The van der Waals surface area contributed by atoms with Crippen LogP contribution in [0.25, 0.3) is 0 Å². The summed E-state index contributed by atoms with van der Waals surface area (Å²) in [4.78, 5) is 15.3. The maximum atomic E-state index is 13.8. The predicted molar refractivity (Wildman–Crippen MR) is 133 cm³/mol. The molecule has 39 heavy (non-hydrogen) atoms. The van der Waals surface area contributed by atoms with Gasteiger partial charge in [0.1, 0.15) is 5.75 Å². The molecule has 2 fully saturated rings. The topological polar surface area (TPSA) is 79.0 Å². The van der Waals surface area contributed by atoms with Gasteiger partial charge in [0.15, 0.2) is 0 Å². The molecule has 1 amide bonds. The SMILES string of the molecule is CCCS(=O)(=O)N1CCN(C2(CNC(=O)c3c(OC)cc(C(F)(F)F)cc3C(F)(F)F)CCCCCC2)CC1. The maximum absolute atomic E-state index is 13.8. The van der Waals surface area contributed by atoms with E-state index in [9.17, 15) is 39.6 Å². The molecule has 1 saturated heterocycles. The Hall–Kier alpha value is -2.06. The molecule has 0 aromatic heterocycles. The molecule has 1 aliphatic carbocycles. The highest BCUT2D eigenvalue weighted by atomic mass is 32.2. The Morgan fingerprint density at radius 2 is 1.56 bits per heavy atom. The van der Waals surface area contributed by atoms with Gasteiger partial charge in [0.2, 0.25) is 10.0 Å². The minimum absolute atomic E-state index is 0.0327. The summed E-state index contributed by atoms with van der Waals surface area (Å²) in [7, 11) is -2.47. The second-order valence-corrected chi connectivity index (χ2v) is 12.2. The fourth-order valence-electron chi connectivity index (χ4n) is 5.55. The number of methoxy groups -OCH3 is 1. The Kier molecular flexibility index (Phi) is 9.85. The molecule has 1 aromatic rings. The monoisotopic (exact) mass is 587 g/mol. The van der Waals surface area contributed by atoms with E-state index in [0.717, 1.165) is 32.8 Å². The van der Waals surface area contributed by atoms with Crippen molar-refractivity contribution in [3.63, 3.8) is 0 Å². The number of hydrogen-bond donors (Lipinski definition) is 1. The van der Waals surface area contributed by atoms with Crippen LogP contribution in [0.3, 0.4) is 0 Å². The fourth-order valence-corrected chi connectivity index (χ4v) is 7.04. The predicted octanol–water partition coefficient (Wildman–Crippen LogP) is 4.91. The van der Waals surface area contributed by atoms with Crippen LogP contribution in [0, 0.1) is 0 Å². The lowest BCUT2D eigenvalue weighted by atomic mass is 9.87. The second-order valence-electron chi connectivity index (χ2n) is 10.1. The first-order chi connectivity index (χ1) is 18.1. The van der Waals surface area contributed by atoms with E-state index < -0.39 is 56.3 Å². The lowest BCUT2D eigenvalue weighted by molar-refractivity contribution is -0.143. The fraction of sp³-hybridized carbons (Fsp3) is 0.720. The molecule has 0 radical (unpaired) electrons. The number of piperazine rings is 1. The van der Waals surface area contributed by atoms with Crippen molar-refractivity contribution < 1.29 is 44.3 Å². The first kappa shape index (κ1) is 31.5. The van der Waals surface area contributed by atoms with Crippen molar-refractivity contribution in [2.45, 2.75) is 69.8 Å². The number of hydrogen-bond acceptors (Lipinski definition) is 5. The number of sulfonamides is 1. The number of rotatable bonds is 8. The smallest absolute Gasteiger partial charge is 0.417 e. The van der Waals surface area contributed by atoms with E-state index in [1.807, 2.05) is 0 Å². The van der Waals surface area contributed by atoms with E-state index in [-0.39, 0.29) is 31.5 Å². The summed E-state index contributed by atoms with van der Waals surface area (Å²) in [6.07, 6.45) is -4.98. The van der Waals surface area contributed by atoms with Gasteiger partial charge in [-0.2, -0.15) is 30.6 Å². The van der Waals surface area contributed by atoms with Gasteiger partial charge in [0.05, 0.1) is 29.6 Å². The molecule has 3 rings (SSSR count). The largest absolute Gasteiger partial charge is 0.496 e. The molecule has 0 unspecified atom stereocenters. The van der Waals surface area contributed by atoms with Gasteiger partial charge in [-0.15, -0.1) is 0 Å². The van der Waals surface area contributed by atoms with Crippen molar-refractivity contribution >= 4 is 15.9 Å². The van der Waals surface area contributed by atoms with Crippen LogP contribution in [0.5, 0.6) is 5.75 Å². The molecule has 1 heterocycles. The number of nitrogens with one attached hydrogen (secondary N) is 1. The molecule has 0 bridgehead atoms. The molecule has 0 spiro atoms. The van der Waals surface area contributed by atoms with Crippen LogP contribution in [0.1, 0.15) is 73.4 Å². The molecular formula is C25H35F6N3O4S. The van der Waals surface area contributed by atoms with E-state index >= 15 is 0 Å². The van der Waals surface area contributed by atoms with Crippen LogP contribution in [0.15, 0.2) is 12.1 Å². The van der Waals surface area contributed by atoms with E-state index in [1.165, 1.54) is 4.31 Å².